The van der Waals surface area contributed by atoms with Crippen LogP contribution in [0.2, 0.25) is 0 Å². The minimum atomic E-state index is -1.08. The van der Waals surface area contributed by atoms with E-state index in [-0.39, 0.29) is 29.6 Å². The third kappa shape index (κ3) is 4.66. The molecule has 3 N–H and O–H groups in total. The summed E-state index contributed by atoms with van der Waals surface area (Å²) in [7, 11) is 0. The highest BCUT2D eigenvalue weighted by molar-refractivity contribution is 8.15. The Morgan fingerprint density at radius 3 is 2.88 bits per heavy atom. The van der Waals surface area contributed by atoms with Crippen molar-refractivity contribution in [3.63, 3.8) is 0 Å². The van der Waals surface area contributed by atoms with Crippen LogP contribution in [-0.2, 0) is 5.54 Å². The molecule has 1 aliphatic rings. The highest BCUT2D eigenvalue weighted by Gasteiger charge is 2.43. The fraction of sp³-hybridized carbons (Fsp3) is 0.318. The smallest absolute Gasteiger partial charge is 0.233 e. The van der Waals surface area contributed by atoms with E-state index in [0.717, 1.165) is 11.8 Å². The van der Waals surface area contributed by atoms with Crippen LogP contribution in [0.5, 0.6) is 5.88 Å². The van der Waals surface area contributed by atoms with Crippen molar-refractivity contribution in [2.45, 2.75) is 30.6 Å². The molecule has 0 amide bonds. The van der Waals surface area contributed by atoms with Gasteiger partial charge in [0.05, 0.1) is 33.9 Å². The van der Waals surface area contributed by atoms with Crippen LogP contribution in [0.4, 0.5) is 20.3 Å². The van der Waals surface area contributed by atoms with E-state index in [1.807, 2.05) is 0 Å². The van der Waals surface area contributed by atoms with Crippen LogP contribution in [0.3, 0.4) is 0 Å². The highest BCUT2D eigenvalue weighted by atomic mass is 32.2. The van der Waals surface area contributed by atoms with Gasteiger partial charge in [-0.25, -0.2) is 24.3 Å². The topological polar surface area (TPSA) is 111 Å². The predicted molar refractivity (Wildman–Crippen MR) is 125 cm³/mol. The van der Waals surface area contributed by atoms with E-state index in [1.54, 1.807) is 32.2 Å². The molecule has 1 aliphatic heterocycles. The lowest BCUT2D eigenvalue weighted by Gasteiger charge is -2.39. The number of ether oxygens (including phenoxy) is 1. The van der Waals surface area contributed by atoms with Gasteiger partial charge in [0, 0.05) is 11.8 Å². The van der Waals surface area contributed by atoms with E-state index in [2.05, 4.69) is 36.2 Å². The number of terminal acetylenes is 1. The molecule has 11 heteroatoms. The van der Waals surface area contributed by atoms with E-state index >= 15 is 0 Å². The minimum absolute atomic E-state index is 0.0755. The number of rotatable bonds is 6. The predicted octanol–water partition coefficient (Wildman–Crippen LogP) is 3.71. The number of fused-ring (bicyclic) bond motifs is 1. The zero-order valence-electron chi connectivity index (χ0n) is 18.0. The number of halogens is 2. The summed E-state index contributed by atoms with van der Waals surface area (Å²) in [6.45, 7) is 2.91. The van der Waals surface area contributed by atoms with Gasteiger partial charge in [-0.2, -0.15) is 4.39 Å². The van der Waals surface area contributed by atoms with E-state index in [1.165, 1.54) is 12.4 Å². The first-order valence-electron chi connectivity index (χ1n) is 9.97. The van der Waals surface area contributed by atoms with Crippen LogP contribution < -0.4 is 15.8 Å². The number of nitrogens with zero attached hydrogens (tertiary/aromatic N) is 5. The molecule has 0 unspecified atom stereocenters. The number of aromatic nitrogens is 4. The lowest BCUT2D eigenvalue weighted by molar-refractivity contribution is 0.316. The summed E-state index contributed by atoms with van der Waals surface area (Å²) in [6, 6.07) is 3.26. The maximum Gasteiger partial charge on any atom is 0.233 e. The first-order valence-corrected chi connectivity index (χ1v) is 10.8. The van der Waals surface area contributed by atoms with Crippen molar-refractivity contribution in [1.82, 2.24) is 19.9 Å². The normalized spacial score (nSPS) is 22.5. The number of hydrogen-bond donors (Lipinski definition) is 2. The summed E-state index contributed by atoms with van der Waals surface area (Å²) in [5.41, 5.74) is 6.54. The Morgan fingerprint density at radius 1 is 1.30 bits per heavy atom. The zero-order valence-corrected chi connectivity index (χ0v) is 18.8. The van der Waals surface area contributed by atoms with Gasteiger partial charge < -0.3 is 15.8 Å². The largest absolute Gasteiger partial charge is 0.463 e. The average molecular weight is 470 g/mol. The third-order valence-corrected chi connectivity index (χ3v) is 6.18. The number of pyridine rings is 2. The second kappa shape index (κ2) is 8.78. The van der Waals surface area contributed by atoms with Crippen LogP contribution in [0.1, 0.15) is 25.8 Å². The molecule has 0 radical (unpaired) electrons. The van der Waals surface area contributed by atoms with Gasteiger partial charge in [0.25, 0.3) is 0 Å². The number of anilines is 2. The Labute approximate surface area is 193 Å². The monoisotopic (exact) mass is 469 g/mol. The molecule has 0 saturated carbocycles. The molecular weight excluding hydrogens is 448 g/mol. The summed E-state index contributed by atoms with van der Waals surface area (Å²) in [5, 5.41) is 3.31. The molecule has 0 bridgehead atoms. The Balaban J connectivity index is 1.69. The van der Waals surface area contributed by atoms with Gasteiger partial charge in [0.15, 0.2) is 17.6 Å². The molecule has 8 nitrogen and oxygen atoms in total. The third-order valence-electron chi connectivity index (χ3n) is 5.13. The van der Waals surface area contributed by atoms with E-state index in [4.69, 9.17) is 16.9 Å². The Hall–Kier alpha value is -3.52. The van der Waals surface area contributed by atoms with Crippen molar-refractivity contribution >= 4 is 39.5 Å². The lowest BCUT2D eigenvalue weighted by atomic mass is 9.84. The number of alkyl halides is 1. The highest BCUT2D eigenvalue weighted by Crippen LogP contribution is 2.46. The summed E-state index contributed by atoms with van der Waals surface area (Å²) in [6.07, 6.45) is 9.79. The quantitative estimate of drug-likeness (QED) is 0.415. The maximum atomic E-state index is 14.8. The molecule has 0 spiro atoms. The van der Waals surface area contributed by atoms with Gasteiger partial charge in [-0.3, -0.25) is 4.99 Å². The Bertz CT molecular complexity index is 1280. The SMILES string of the molecule is C#CCOc1cnc2c(Nc3cnc(F)c([C@]4(C)C[C@](C)(CF)SC(N)=N4)c3)nccc2n1. The number of thioether (sulfide) groups is 1. The standard InChI is InChI=1S/C22H21F2N7OS/c1-4-7-32-16-10-27-17-15(30-16)5-6-26-19(17)29-13-8-14(18(24)28-9-13)22(3)11-21(2,12-23)33-20(25)31-22/h1,5-6,8-10H,7,11-12H2,2-3H3,(H2,25,31)(H,26,29)/t21-,22+/m1/s1. The van der Waals surface area contributed by atoms with Gasteiger partial charge in [-0.15, -0.1) is 6.42 Å². The van der Waals surface area contributed by atoms with Crippen molar-refractivity contribution in [2.24, 2.45) is 10.7 Å². The molecule has 4 rings (SSSR count). The summed E-state index contributed by atoms with van der Waals surface area (Å²) in [4.78, 5) is 21.3. The number of amidine groups is 1. The van der Waals surface area contributed by atoms with Crippen molar-refractivity contribution < 1.29 is 13.5 Å². The number of nitrogens with one attached hydrogen (secondary N) is 1. The second-order valence-electron chi connectivity index (χ2n) is 8.00. The summed E-state index contributed by atoms with van der Waals surface area (Å²) in [5.74, 6) is 2.35. The van der Waals surface area contributed by atoms with Crippen molar-refractivity contribution in [3.8, 4) is 18.2 Å². The van der Waals surface area contributed by atoms with Crippen LogP contribution in [0.15, 0.2) is 35.7 Å². The molecule has 2 atom stereocenters. The molecule has 0 aromatic carbocycles. The molecule has 0 aliphatic carbocycles. The van der Waals surface area contributed by atoms with Gasteiger partial charge in [0.2, 0.25) is 11.8 Å². The summed E-state index contributed by atoms with van der Waals surface area (Å²) >= 11 is 1.15. The first kappa shape index (κ1) is 22.7. The molecule has 4 heterocycles. The molecule has 33 heavy (non-hydrogen) atoms. The second-order valence-corrected chi connectivity index (χ2v) is 9.61. The summed E-state index contributed by atoms with van der Waals surface area (Å²) < 4.78 is 33.0. The molecule has 0 saturated heterocycles. The lowest BCUT2D eigenvalue weighted by Crippen LogP contribution is -2.42. The molecule has 3 aromatic heterocycles. The van der Waals surface area contributed by atoms with E-state index in [0.29, 0.717) is 22.5 Å². The maximum absolute atomic E-state index is 14.8. The zero-order chi connectivity index (χ0) is 23.6. The van der Waals surface area contributed by atoms with Gasteiger partial charge in [-0.05, 0) is 32.4 Å². The molecular formula is C22H21F2N7OS. The van der Waals surface area contributed by atoms with Crippen molar-refractivity contribution in [3.05, 3.63) is 42.2 Å². The van der Waals surface area contributed by atoms with Gasteiger partial charge >= 0.3 is 0 Å². The molecule has 3 aromatic rings. The van der Waals surface area contributed by atoms with Crippen molar-refractivity contribution in [2.75, 3.05) is 18.6 Å². The van der Waals surface area contributed by atoms with Crippen molar-refractivity contribution in [1.29, 1.82) is 0 Å². The number of aliphatic imine (C=N–C) groups is 1. The molecule has 170 valence electrons. The fourth-order valence-corrected chi connectivity index (χ4v) is 4.95. The Morgan fingerprint density at radius 2 is 2.12 bits per heavy atom. The van der Waals surface area contributed by atoms with Gasteiger partial charge in [0.1, 0.15) is 12.2 Å². The van der Waals surface area contributed by atoms with Crippen LogP contribution >= 0.6 is 11.8 Å². The van der Waals surface area contributed by atoms with Crippen LogP contribution in [-0.4, -0.2) is 43.1 Å². The van der Waals surface area contributed by atoms with Crippen LogP contribution in [0, 0.1) is 18.3 Å². The fourth-order valence-electron chi connectivity index (χ4n) is 3.79. The number of nitrogens with two attached hydrogens (primary N) is 1. The Kier molecular flexibility index (Phi) is 6.03. The minimum Gasteiger partial charge on any atom is -0.463 e. The number of hydrogen-bond acceptors (Lipinski definition) is 9. The molecule has 0 fully saturated rings. The van der Waals surface area contributed by atoms with E-state index < -0.39 is 22.9 Å². The average Bonchev–Trinajstić information content (AvgIpc) is 2.78. The van der Waals surface area contributed by atoms with Gasteiger partial charge in [-0.1, -0.05) is 17.7 Å². The first-order chi connectivity index (χ1) is 15.7. The van der Waals surface area contributed by atoms with Crippen LogP contribution in [0.25, 0.3) is 11.0 Å². The van der Waals surface area contributed by atoms with E-state index in [9.17, 15) is 8.78 Å².